The zero-order chi connectivity index (χ0) is 13.5. The van der Waals surface area contributed by atoms with E-state index in [0.717, 1.165) is 24.2 Å². The fraction of sp³-hybridized carbons (Fsp3) is 0.643. The van der Waals surface area contributed by atoms with Gasteiger partial charge in [0, 0.05) is 24.3 Å². The van der Waals surface area contributed by atoms with Gasteiger partial charge in [-0.1, -0.05) is 19.9 Å². The van der Waals surface area contributed by atoms with Gasteiger partial charge < -0.3 is 15.1 Å². The maximum absolute atomic E-state index is 9.82. The molecule has 0 saturated carbocycles. The zero-order valence-corrected chi connectivity index (χ0v) is 11.5. The molecule has 1 heterocycles. The van der Waals surface area contributed by atoms with E-state index in [9.17, 15) is 10.2 Å². The molecule has 0 aliphatic rings. The molecule has 102 valence electrons. The molecule has 0 saturated heterocycles. The van der Waals surface area contributed by atoms with Gasteiger partial charge >= 0.3 is 0 Å². The summed E-state index contributed by atoms with van der Waals surface area (Å²) in [5.74, 6) is 0.787. The fourth-order valence-electron chi connectivity index (χ4n) is 2.27. The molecule has 0 aliphatic carbocycles. The molecular weight excluding hydrogens is 228 g/mol. The van der Waals surface area contributed by atoms with E-state index >= 15 is 0 Å². The molecule has 0 aromatic carbocycles. The van der Waals surface area contributed by atoms with E-state index in [2.05, 4.69) is 23.7 Å². The Morgan fingerprint density at radius 3 is 2.50 bits per heavy atom. The molecule has 1 aromatic heterocycles. The maximum atomic E-state index is 9.82. The van der Waals surface area contributed by atoms with Crippen LogP contribution in [0.5, 0.6) is 0 Å². The first-order valence-electron chi connectivity index (χ1n) is 6.66. The van der Waals surface area contributed by atoms with Crippen molar-refractivity contribution in [2.24, 2.45) is 0 Å². The average Bonchev–Trinajstić information content (AvgIpc) is 2.39. The third kappa shape index (κ3) is 3.43. The Kier molecular flexibility index (Phi) is 6.09. The number of hydrogen-bond donors (Lipinski definition) is 2. The minimum Gasteiger partial charge on any atom is -0.395 e. The number of aliphatic hydroxyl groups excluding tert-OH is 2. The van der Waals surface area contributed by atoms with Gasteiger partial charge in [0.05, 0.1) is 12.7 Å². The van der Waals surface area contributed by atoms with Crippen LogP contribution in [0.1, 0.15) is 45.3 Å². The molecule has 0 spiro atoms. The molecule has 0 unspecified atom stereocenters. The number of anilines is 1. The van der Waals surface area contributed by atoms with Gasteiger partial charge in [0.15, 0.2) is 0 Å². The lowest BCUT2D eigenvalue weighted by atomic mass is 10.1. The molecular formula is C14H24N2O2. The highest BCUT2D eigenvalue weighted by Crippen LogP contribution is 2.26. The van der Waals surface area contributed by atoms with Crippen LogP contribution < -0.4 is 4.90 Å². The summed E-state index contributed by atoms with van der Waals surface area (Å²) in [5, 5.41) is 19.1. The molecule has 4 nitrogen and oxygen atoms in total. The standard InChI is InChI=1S/C14H24N2O2/c1-4-12(5-2)16(9-10-17)14-13(11(3)18)7-6-8-15-14/h6-8,11-12,17-18H,4-5,9-10H2,1-3H3/t11-/m1/s1. The molecule has 1 atom stereocenters. The molecule has 2 N–H and O–H groups in total. The molecule has 1 aromatic rings. The van der Waals surface area contributed by atoms with Crippen molar-refractivity contribution in [2.75, 3.05) is 18.1 Å². The summed E-state index contributed by atoms with van der Waals surface area (Å²) >= 11 is 0. The number of aromatic nitrogens is 1. The lowest BCUT2D eigenvalue weighted by Crippen LogP contribution is -2.38. The van der Waals surface area contributed by atoms with Crippen molar-refractivity contribution in [3.05, 3.63) is 23.9 Å². The summed E-state index contributed by atoms with van der Waals surface area (Å²) in [6, 6.07) is 4.06. The van der Waals surface area contributed by atoms with Gasteiger partial charge in [-0.3, -0.25) is 0 Å². The predicted octanol–water partition coefficient (Wildman–Crippen LogP) is 2.12. The van der Waals surface area contributed by atoms with Gasteiger partial charge in [-0.25, -0.2) is 4.98 Å². The zero-order valence-electron chi connectivity index (χ0n) is 11.5. The summed E-state index contributed by atoms with van der Waals surface area (Å²) in [6.07, 6.45) is 3.16. The van der Waals surface area contributed by atoms with Crippen LogP contribution in [0.3, 0.4) is 0 Å². The van der Waals surface area contributed by atoms with Gasteiger partial charge in [0.2, 0.25) is 0 Å². The van der Waals surface area contributed by atoms with Gasteiger partial charge in [0.25, 0.3) is 0 Å². The fourth-order valence-corrected chi connectivity index (χ4v) is 2.27. The molecule has 0 amide bonds. The predicted molar refractivity (Wildman–Crippen MR) is 73.7 cm³/mol. The van der Waals surface area contributed by atoms with Crippen LogP contribution in [-0.4, -0.2) is 34.4 Å². The summed E-state index contributed by atoms with van der Waals surface area (Å²) < 4.78 is 0. The smallest absolute Gasteiger partial charge is 0.134 e. The minimum absolute atomic E-state index is 0.0896. The minimum atomic E-state index is -0.552. The van der Waals surface area contributed by atoms with E-state index in [4.69, 9.17) is 0 Å². The van der Waals surface area contributed by atoms with Crippen LogP contribution in [0.25, 0.3) is 0 Å². The first kappa shape index (κ1) is 14.9. The van der Waals surface area contributed by atoms with E-state index in [-0.39, 0.29) is 6.61 Å². The van der Waals surface area contributed by atoms with Crippen molar-refractivity contribution in [3.8, 4) is 0 Å². The van der Waals surface area contributed by atoms with E-state index < -0.39 is 6.10 Å². The average molecular weight is 252 g/mol. The van der Waals surface area contributed by atoms with Crippen LogP contribution in [-0.2, 0) is 0 Å². The van der Waals surface area contributed by atoms with Crippen molar-refractivity contribution in [2.45, 2.75) is 45.8 Å². The van der Waals surface area contributed by atoms with E-state index in [1.807, 2.05) is 12.1 Å². The molecule has 4 heteroatoms. The number of nitrogens with zero attached hydrogens (tertiary/aromatic N) is 2. The van der Waals surface area contributed by atoms with Crippen molar-refractivity contribution in [1.82, 2.24) is 4.98 Å². The second-order valence-corrected chi connectivity index (χ2v) is 4.48. The van der Waals surface area contributed by atoms with E-state index in [0.29, 0.717) is 12.6 Å². The Labute approximate surface area is 109 Å². The Bertz CT molecular complexity index is 351. The Morgan fingerprint density at radius 2 is 2.00 bits per heavy atom. The Hall–Kier alpha value is -1.13. The van der Waals surface area contributed by atoms with Crippen LogP contribution in [0.4, 0.5) is 5.82 Å². The molecule has 0 bridgehead atoms. The maximum Gasteiger partial charge on any atom is 0.134 e. The van der Waals surface area contributed by atoms with Crippen molar-refractivity contribution < 1.29 is 10.2 Å². The molecule has 0 radical (unpaired) electrons. The van der Waals surface area contributed by atoms with Crippen LogP contribution in [0, 0.1) is 0 Å². The van der Waals surface area contributed by atoms with Crippen LogP contribution in [0.15, 0.2) is 18.3 Å². The second kappa shape index (κ2) is 7.34. The third-order valence-corrected chi connectivity index (χ3v) is 3.26. The highest BCUT2D eigenvalue weighted by molar-refractivity contribution is 5.48. The number of hydrogen-bond acceptors (Lipinski definition) is 4. The monoisotopic (exact) mass is 252 g/mol. The first-order valence-corrected chi connectivity index (χ1v) is 6.66. The van der Waals surface area contributed by atoms with E-state index in [1.54, 1.807) is 13.1 Å². The molecule has 1 rings (SSSR count). The quantitative estimate of drug-likeness (QED) is 0.780. The SMILES string of the molecule is CCC(CC)N(CCO)c1ncccc1[C@@H](C)O. The molecule has 0 fully saturated rings. The van der Waals surface area contributed by atoms with E-state index in [1.165, 1.54) is 0 Å². The van der Waals surface area contributed by atoms with Crippen molar-refractivity contribution in [3.63, 3.8) is 0 Å². The lowest BCUT2D eigenvalue weighted by Gasteiger charge is -2.33. The first-order chi connectivity index (χ1) is 8.65. The molecule has 0 aliphatic heterocycles. The highest BCUT2D eigenvalue weighted by atomic mass is 16.3. The van der Waals surface area contributed by atoms with Gasteiger partial charge in [-0.05, 0) is 25.8 Å². The highest BCUT2D eigenvalue weighted by Gasteiger charge is 2.20. The third-order valence-electron chi connectivity index (χ3n) is 3.26. The Balaban J connectivity index is 3.12. The van der Waals surface area contributed by atoms with Gasteiger partial charge in [-0.2, -0.15) is 0 Å². The number of pyridine rings is 1. The van der Waals surface area contributed by atoms with Gasteiger partial charge in [0.1, 0.15) is 5.82 Å². The van der Waals surface area contributed by atoms with Crippen LogP contribution >= 0.6 is 0 Å². The largest absolute Gasteiger partial charge is 0.395 e. The summed E-state index contributed by atoms with van der Waals surface area (Å²) in [6.45, 7) is 6.63. The Morgan fingerprint density at radius 1 is 1.33 bits per heavy atom. The summed E-state index contributed by atoms with van der Waals surface area (Å²) in [4.78, 5) is 6.49. The number of rotatable bonds is 7. The van der Waals surface area contributed by atoms with Crippen molar-refractivity contribution >= 4 is 5.82 Å². The topological polar surface area (TPSA) is 56.6 Å². The lowest BCUT2D eigenvalue weighted by molar-refractivity contribution is 0.198. The van der Waals surface area contributed by atoms with Gasteiger partial charge in [-0.15, -0.1) is 0 Å². The normalized spacial score (nSPS) is 12.8. The summed E-state index contributed by atoms with van der Waals surface area (Å²) in [7, 11) is 0. The second-order valence-electron chi connectivity index (χ2n) is 4.48. The van der Waals surface area contributed by atoms with Crippen molar-refractivity contribution in [1.29, 1.82) is 0 Å². The van der Waals surface area contributed by atoms with Crippen LogP contribution in [0.2, 0.25) is 0 Å². The summed E-state index contributed by atoms with van der Waals surface area (Å²) in [5.41, 5.74) is 0.817. The molecule has 18 heavy (non-hydrogen) atoms. The number of aliphatic hydroxyl groups is 2.